The van der Waals surface area contributed by atoms with Gasteiger partial charge < -0.3 is 0 Å². The highest BCUT2D eigenvalue weighted by atomic mass is 35.5. The molecule has 0 saturated carbocycles. The maximum Gasteiger partial charge on any atom is 0.453 e. The smallest absolute Gasteiger partial charge is 0.196 e. The van der Waals surface area contributed by atoms with E-state index in [0.717, 1.165) is 0 Å². The summed E-state index contributed by atoms with van der Waals surface area (Å²) in [6.45, 7) is 0. The highest BCUT2D eigenvalue weighted by molar-refractivity contribution is 6.17. The molecular weight excluding hydrogens is 239 g/mol. The van der Waals surface area contributed by atoms with E-state index < -0.39 is 18.5 Å². The number of rotatable bonds is 6. The van der Waals surface area contributed by atoms with Crippen molar-refractivity contribution >= 4 is 11.6 Å². The zero-order valence-corrected chi connectivity index (χ0v) is 8.71. The third kappa shape index (κ3) is 5.97. The second-order valence-corrected chi connectivity index (χ2v) is 3.42. The first kappa shape index (κ1) is 14.7. The van der Waals surface area contributed by atoms with Crippen LogP contribution in [-0.2, 0) is 0 Å². The van der Waals surface area contributed by atoms with Crippen molar-refractivity contribution in [2.75, 3.05) is 5.88 Å². The molecule has 0 radical (unpaired) electrons. The number of alkyl halides is 6. The third-order valence-corrected chi connectivity index (χ3v) is 1.98. The zero-order valence-electron chi connectivity index (χ0n) is 7.96. The van der Waals surface area contributed by atoms with E-state index in [1.54, 1.807) is 6.08 Å². The van der Waals surface area contributed by atoms with Gasteiger partial charge in [0.05, 0.1) is 0 Å². The first-order chi connectivity index (χ1) is 6.81. The summed E-state index contributed by atoms with van der Waals surface area (Å²) in [5.41, 5.74) is 0. The summed E-state index contributed by atoms with van der Waals surface area (Å²) in [5, 5.41) is 0. The van der Waals surface area contributed by atoms with E-state index >= 15 is 0 Å². The molecule has 0 aromatic carbocycles. The first-order valence-corrected chi connectivity index (χ1v) is 5.00. The van der Waals surface area contributed by atoms with Gasteiger partial charge in [0.25, 0.3) is 0 Å². The van der Waals surface area contributed by atoms with Crippen molar-refractivity contribution < 1.29 is 22.0 Å². The van der Waals surface area contributed by atoms with Crippen molar-refractivity contribution in [2.24, 2.45) is 0 Å². The van der Waals surface area contributed by atoms with Crippen LogP contribution in [-0.4, -0.2) is 18.0 Å². The topological polar surface area (TPSA) is 0 Å². The molecule has 0 unspecified atom stereocenters. The second-order valence-electron chi connectivity index (χ2n) is 3.04. The van der Waals surface area contributed by atoms with Crippen LogP contribution in [0.5, 0.6) is 0 Å². The third-order valence-electron chi connectivity index (χ3n) is 1.71. The van der Waals surface area contributed by atoms with Crippen LogP contribution in [0.15, 0.2) is 12.2 Å². The summed E-state index contributed by atoms with van der Waals surface area (Å²) in [6.07, 6.45) is -2.75. The molecule has 0 nitrogen and oxygen atoms in total. The summed E-state index contributed by atoms with van der Waals surface area (Å²) in [6, 6.07) is 0. The Balaban J connectivity index is 3.80. The Morgan fingerprint density at radius 2 is 1.47 bits per heavy atom. The van der Waals surface area contributed by atoms with Gasteiger partial charge in [-0.25, -0.2) is 0 Å². The molecule has 0 aliphatic rings. The molecule has 0 fully saturated rings. The van der Waals surface area contributed by atoms with Crippen molar-refractivity contribution in [3.8, 4) is 0 Å². The minimum absolute atomic E-state index is 0.283. The molecule has 0 heterocycles. The standard InChI is InChI=1S/C9H12ClF5/c10-7-5-3-1-2-4-6-8(11,12)9(13,14)15/h1-2H,3-7H2/b2-1+. The van der Waals surface area contributed by atoms with Crippen LogP contribution < -0.4 is 0 Å². The van der Waals surface area contributed by atoms with Gasteiger partial charge in [-0.2, -0.15) is 22.0 Å². The lowest BCUT2D eigenvalue weighted by Gasteiger charge is -2.18. The lowest BCUT2D eigenvalue weighted by Crippen LogP contribution is -2.35. The average molecular weight is 251 g/mol. The number of allylic oxidation sites excluding steroid dienone is 2. The summed E-state index contributed by atoms with van der Waals surface area (Å²) in [4.78, 5) is 0. The number of halogens is 6. The Morgan fingerprint density at radius 3 is 1.93 bits per heavy atom. The van der Waals surface area contributed by atoms with Crippen molar-refractivity contribution in [1.29, 1.82) is 0 Å². The van der Waals surface area contributed by atoms with Crippen LogP contribution in [0.4, 0.5) is 22.0 Å². The van der Waals surface area contributed by atoms with Gasteiger partial charge in [-0.15, -0.1) is 11.6 Å². The monoisotopic (exact) mass is 250 g/mol. The Hall–Kier alpha value is -0.320. The van der Waals surface area contributed by atoms with Crippen molar-refractivity contribution in [1.82, 2.24) is 0 Å². The van der Waals surface area contributed by atoms with E-state index in [2.05, 4.69) is 0 Å². The maximum atomic E-state index is 12.3. The minimum atomic E-state index is -5.45. The van der Waals surface area contributed by atoms with Gasteiger partial charge in [-0.05, 0) is 19.3 Å². The molecule has 15 heavy (non-hydrogen) atoms. The minimum Gasteiger partial charge on any atom is -0.196 e. The van der Waals surface area contributed by atoms with Gasteiger partial charge in [-0.3, -0.25) is 0 Å². The van der Waals surface area contributed by atoms with Gasteiger partial charge in [0.2, 0.25) is 0 Å². The first-order valence-electron chi connectivity index (χ1n) is 4.47. The molecule has 0 aliphatic carbocycles. The van der Waals surface area contributed by atoms with Gasteiger partial charge in [0.15, 0.2) is 0 Å². The zero-order chi connectivity index (χ0) is 11.9. The summed E-state index contributed by atoms with van der Waals surface area (Å²) >= 11 is 5.34. The number of hydrogen-bond donors (Lipinski definition) is 0. The highest BCUT2D eigenvalue weighted by Gasteiger charge is 2.56. The Morgan fingerprint density at radius 1 is 0.933 bits per heavy atom. The number of unbranched alkanes of at least 4 members (excludes halogenated alkanes) is 1. The quantitative estimate of drug-likeness (QED) is 0.281. The molecule has 0 bridgehead atoms. The molecule has 0 atom stereocenters. The van der Waals surface area contributed by atoms with Crippen molar-refractivity contribution in [3.63, 3.8) is 0 Å². The van der Waals surface area contributed by atoms with E-state index in [-0.39, 0.29) is 6.42 Å². The largest absolute Gasteiger partial charge is 0.453 e. The maximum absolute atomic E-state index is 12.3. The fraction of sp³-hybridized carbons (Fsp3) is 0.778. The van der Waals surface area contributed by atoms with Crippen LogP contribution in [0.2, 0.25) is 0 Å². The SMILES string of the molecule is FC(F)(F)C(F)(F)CC/C=C/CCCCl. The molecule has 0 aromatic heterocycles. The predicted octanol–water partition coefficient (Wildman–Crippen LogP) is 4.54. The van der Waals surface area contributed by atoms with E-state index in [0.29, 0.717) is 18.7 Å². The van der Waals surface area contributed by atoms with E-state index in [1.807, 2.05) is 0 Å². The van der Waals surface area contributed by atoms with Crippen LogP contribution in [0.3, 0.4) is 0 Å². The average Bonchev–Trinajstić information content (AvgIpc) is 2.09. The molecule has 0 saturated heterocycles. The highest BCUT2D eigenvalue weighted by Crippen LogP contribution is 2.38. The van der Waals surface area contributed by atoms with Gasteiger partial charge >= 0.3 is 12.1 Å². The second kappa shape index (κ2) is 6.30. The number of hydrogen-bond acceptors (Lipinski definition) is 0. The van der Waals surface area contributed by atoms with E-state index in [9.17, 15) is 22.0 Å². The van der Waals surface area contributed by atoms with Gasteiger partial charge in [-0.1, -0.05) is 12.2 Å². The molecular formula is C9H12ClF5. The van der Waals surface area contributed by atoms with Gasteiger partial charge in [0, 0.05) is 12.3 Å². The normalized spacial score (nSPS) is 13.7. The summed E-state index contributed by atoms with van der Waals surface area (Å²) in [7, 11) is 0. The molecule has 90 valence electrons. The van der Waals surface area contributed by atoms with Crippen molar-refractivity contribution in [3.05, 3.63) is 12.2 Å². The molecule has 0 N–H and O–H groups in total. The lowest BCUT2D eigenvalue weighted by molar-refractivity contribution is -0.283. The van der Waals surface area contributed by atoms with Crippen LogP contribution in [0.1, 0.15) is 25.7 Å². The molecule has 6 heteroatoms. The van der Waals surface area contributed by atoms with E-state index in [4.69, 9.17) is 11.6 Å². The predicted molar refractivity (Wildman–Crippen MR) is 49.3 cm³/mol. The lowest BCUT2D eigenvalue weighted by atomic mass is 10.1. The van der Waals surface area contributed by atoms with Gasteiger partial charge in [0.1, 0.15) is 0 Å². The molecule has 0 spiro atoms. The summed E-state index contributed by atoms with van der Waals surface area (Å²) in [5.74, 6) is -4.15. The Kier molecular flexibility index (Phi) is 6.17. The molecule has 0 aromatic rings. The van der Waals surface area contributed by atoms with Crippen molar-refractivity contribution in [2.45, 2.75) is 37.8 Å². The van der Waals surface area contributed by atoms with E-state index in [1.165, 1.54) is 6.08 Å². The van der Waals surface area contributed by atoms with Crippen LogP contribution >= 0.6 is 11.6 Å². The van der Waals surface area contributed by atoms with Crippen LogP contribution in [0.25, 0.3) is 0 Å². The molecule has 0 amide bonds. The summed E-state index contributed by atoms with van der Waals surface area (Å²) < 4.78 is 59.7. The molecule has 0 aliphatic heterocycles. The fourth-order valence-electron chi connectivity index (χ4n) is 0.837. The Bertz CT molecular complexity index is 197. The fourth-order valence-corrected chi connectivity index (χ4v) is 0.991. The molecule has 0 rings (SSSR count). The Labute approximate surface area is 90.1 Å². The van der Waals surface area contributed by atoms with Crippen LogP contribution in [0, 0.1) is 0 Å².